The molecule has 0 radical (unpaired) electrons. The molecule has 3 rings (SSSR count). The van der Waals surface area contributed by atoms with Gasteiger partial charge in [-0.1, -0.05) is 12.1 Å². The Balaban J connectivity index is 1.70. The minimum absolute atomic E-state index is 0.0156. The zero-order valence-electron chi connectivity index (χ0n) is 16.8. The molecule has 156 valence electrons. The average molecular weight is 418 g/mol. The minimum Gasteiger partial charge on any atom is -0.496 e. The molecule has 0 aromatic heterocycles. The first-order valence-corrected chi connectivity index (χ1v) is 11.2. The summed E-state index contributed by atoms with van der Waals surface area (Å²) < 4.78 is 33.1. The van der Waals surface area contributed by atoms with Crippen molar-refractivity contribution in [2.24, 2.45) is 0 Å². The van der Waals surface area contributed by atoms with Crippen LogP contribution in [0.3, 0.4) is 0 Å². The van der Waals surface area contributed by atoms with Crippen LogP contribution in [-0.2, 0) is 16.6 Å². The van der Waals surface area contributed by atoms with Gasteiger partial charge in [0.25, 0.3) is 5.91 Å². The highest BCUT2D eigenvalue weighted by molar-refractivity contribution is 7.89. The zero-order valence-corrected chi connectivity index (χ0v) is 17.6. The summed E-state index contributed by atoms with van der Waals surface area (Å²) in [5.74, 6) is -0.0937. The molecule has 8 heteroatoms. The quantitative estimate of drug-likeness (QED) is 0.723. The maximum absolute atomic E-state index is 12.7. The van der Waals surface area contributed by atoms with Crippen molar-refractivity contribution in [3.8, 4) is 5.75 Å². The Kier molecular flexibility index (Phi) is 6.76. The summed E-state index contributed by atoms with van der Waals surface area (Å²) in [6.07, 6.45) is 3.70. The Labute approximate surface area is 172 Å². The Morgan fingerprint density at radius 3 is 2.38 bits per heavy atom. The second kappa shape index (κ2) is 9.28. The number of sulfonamides is 1. The number of carbonyl (C=O) groups excluding carboxylic acids is 1. The lowest BCUT2D eigenvalue weighted by Crippen LogP contribution is -2.29. The molecule has 0 atom stereocenters. The number of anilines is 1. The van der Waals surface area contributed by atoms with E-state index in [1.807, 2.05) is 24.3 Å². The molecule has 1 amide bonds. The Morgan fingerprint density at radius 2 is 1.76 bits per heavy atom. The van der Waals surface area contributed by atoms with Crippen LogP contribution in [0.25, 0.3) is 0 Å². The lowest BCUT2D eigenvalue weighted by molar-refractivity contribution is 0.0960. The van der Waals surface area contributed by atoms with E-state index in [1.165, 1.54) is 57.3 Å². The van der Waals surface area contributed by atoms with Crippen molar-refractivity contribution in [3.63, 3.8) is 0 Å². The number of methoxy groups -OCH3 is 1. The SMILES string of the molecule is CNC(=O)c1cc(S(=O)(=O)NCc2ccc(N3CCCCC3)cc2)ccc1OC. The number of nitrogens with zero attached hydrogens (tertiary/aromatic N) is 1. The fourth-order valence-electron chi connectivity index (χ4n) is 3.40. The van der Waals surface area contributed by atoms with Crippen molar-refractivity contribution in [3.05, 3.63) is 53.6 Å². The van der Waals surface area contributed by atoms with Gasteiger partial charge in [-0.15, -0.1) is 0 Å². The highest BCUT2D eigenvalue weighted by Gasteiger charge is 2.19. The van der Waals surface area contributed by atoms with Crippen LogP contribution in [0.1, 0.15) is 35.2 Å². The van der Waals surface area contributed by atoms with E-state index in [-0.39, 0.29) is 17.0 Å². The van der Waals surface area contributed by atoms with Gasteiger partial charge in [-0.25, -0.2) is 13.1 Å². The third kappa shape index (κ3) is 5.07. The molecule has 1 fully saturated rings. The summed E-state index contributed by atoms with van der Waals surface area (Å²) >= 11 is 0. The van der Waals surface area contributed by atoms with E-state index in [2.05, 4.69) is 14.9 Å². The number of nitrogens with one attached hydrogen (secondary N) is 2. The normalized spacial score (nSPS) is 14.5. The number of hydrogen-bond donors (Lipinski definition) is 2. The fourth-order valence-corrected chi connectivity index (χ4v) is 4.45. The topological polar surface area (TPSA) is 87.7 Å². The average Bonchev–Trinajstić information content (AvgIpc) is 2.77. The predicted molar refractivity (Wildman–Crippen MR) is 113 cm³/mol. The molecule has 0 aliphatic carbocycles. The second-order valence-electron chi connectivity index (χ2n) is 6.98. The van der Waals surface area contributed by atoms with Crippen molar-refractivity contribution in [1.82, 2.24) is 10.0 Å². The van der Waals surface area contributed by atoms with Gasteiger partial charge in [0.2, 0.25) is 10.0 Å². The number of hydrogen-bond acceptors (Lipinski definition) is 5. The summed E-state index contributed by atoms with van der Waals surface area (Å²) in [6, 6.07) is 12.2. The molecule has 0 unspecified atom stereocenters. The highest BCUT2D eigenvalue weighted by Crippen LogP contribution is 2.23. The summed E-state index contributed by atoms with van der Waals surface area (Å²) in [5.41, 5.74) is 2.21. The van der Waals surface area contributed by atoms with Gasteiger partial charge in [0, 0.05) is 32.4 Å². The third-order valence-corrected chi connectivity index (χ3v) is 6.48. The molecule has 0 spiro atoms. The van der Waals surface area contributed by atoms with Crippen LogP contribution in [0.15, 0.2) is 47.4 Å². The third-order valence-electron chi connectivity index (χ3n) is 5.08. The minimum atomic E-state index is -3.77. The first-order chi connectivity index (χ1) is 13.9. The summed E-state index contributed by atoms with van der Waals surface area (Å²) in [5, 5.41) is 2.49. The first-order valence-electron chi connectivity index (χ1n) is 9.68. The maximum Gasteiger partial charge on any atom is 0.254 e. The summed E-state index contributed by atoms with van der Waals surface area (Å²) in [6.45, 7) is 2.30. The van der Waals surface area contributed by atoms with Gasteiger partial charge in [0.1, 0.15) is 5.75 Å². The maximum atomic E-state index is 12.7. The molecule has 2 N–H and O–H groups in total. The van der Waals surface area contributed by atoms with Gasteiger partial charge in [0.15, 0.2) is 0 Å². The van der Waals surface area contributed by atoms with Gasteiger partial charge in [-0.2, -0.15) is 0 Å². The Bertz CT molecular complexity index is 952. The molecular formula is C21H27N3O4S. The molecule has 0 bridgehead atoms. The van der Waals surface area contributed by atoms with E-state index in [1.54, 1.807) is 0 Å². The van der Waals surface area contributed by atoms with Crippen molar-refractivity contribution in [2.45, 2.75) is 30.7 Å². The van der Waals surface area contributed by atoms with Crippen LogP contribution in [0.4, 0.5) is 5.69 Å². The van der Waals surface area contributed by atoms with Crippen LogP contribution in [-0.4, -0.2) is 41.6 Å². The first kappa shape index (κ1) is 21.1. The lowest BCUT2D eigenvalue weighted by Gasteiger charge is -2.28. The molecule has 1 aliphatic rings. The smallest absolute Gasteiger partial charge is 0.254 e. The van der Waals surface area contributed by atoms with Crippen LogP contribution >= 0.6 is 0 Å². The molecule has 7 nitrogen and oxygen atoms in total. The van der Waals surface area contributed by atoms with E-state index in [0.717, 1.165) is 18.7 Å². The Hall–Kier alpha value is -2.58. The zero-order chi connectivity index (χ0) is 20.9. The van der Waals surface area contributed by atoms with Crippen molar-refractivity contribution in [2.75, 3.05) is 32.1 Å². The van der Waals surface area contributed by atoms with E-state index in [0.29, 0.717) is 5.75 Å². The largest absolute Gasteiger partial charge is 0.496 e. The van der Waals surface area contributed by atoms with Crippen molar-refractivity contribution in [1.29, 1.82) is 0 Å². The lowest BCUT2D eigenvalue weighted by atomic mass is 10.1. The van der Waals surface area contributed by atoms with E-state index >= 15 is 0 Å². The number of ether oxygens (including phenoxy) is 1. The molecule has 2 aromatic carbocycles. The van der Waals surface area contributed by atoms with Crippen LogP contribution in [0.5, 0.6) is 5.75 Å². The van der Waals surface area contributed by atoms with Crippen molar-refractivity contribution < 1.29 is 17.9 Å². The number of amides is 1. The molecule has 1 aliphatic heterocycles. The molecule has 1 saturated heterocycles. The summed E-state index contributed by atoms with van der Waals surface area (Å²) in [7, 11) is -0.861. The van der Waals surface area contributed by atoms with E-state index in [9.17, 15) is 13.2 Å². The van der Waals surface area contributed by atoms with Gasteiger partial charge < -0.3 is 15.0 Å². The number of carbonyl (C=O) groups is 1. The van der Waals surface area contributed by atoms with Crippen LogP contribution in [0, 0.1) is 0 Å². The van der Waals surface area contributed by atoms with Gasteiger partial charge in [-0.05, 0) is 55.2 Å². The van der Waals surface area contributed by atoms with Gasteiger partial charge in [0.05, 0.1) is 17.6 Å². The standard InChI is InChI=1S/C21H27N3O4S/c1-22-21(25)19-14-18(10-11-20(19)28-2)29(26,27)23-15-16-6-8-17(9-7-16)24-12-4-3-5-13-24/h6-11,14,23H,3-5,12-13,15H2,1-2H3,(H,22,25). The van der Waals surface area contributed by atoms with Gasteiger partial charge in [-0.3, -0.25) is 4.79 Å². The van der Waals surface area contributed by atoms with E-state index < -0.39 is 15.9 Å². The van der Waals surface area contributed by atoms with Crippen LogP contribution < -0.4 is 19.7 Å². The molecular weight excluding hydrogens is 390 g/mol. The van der Waals surface area contributed by atoms with Crippen LogP contribution in [0.2, 0.25) is 0 Å². The van der Waals surface area contributed by atoms with E-state index in [4.69, 9.17) is 4.74 Å². The second-order valence-corrected chi connectivity index (χ2v) is 8.75. The molecule has 29 heavy (non-hydrogen) atoms. The number of benzene rings is 2. The fraction of sp³-hybridized carbons (Fsp3) is 0.381. The van der Waals surface area contributed by atoms with Crippen molar-refractivity contribution >= 4 is 21.6 Å². The van der Waals surface area contributed by atoms with Gasteiger partial charge >= 0.3 is 0 Å². The number of piperidine rings is 1. The molecule has 0 saturated carbocycles. The Morgan fingerprint density at radius 1 is 1.07 bits per heavy atom. The number of rotatable bonds is 7. The monoisotopic (exact) mass is 417 g/mol. The predicted octanol–water partition coefficient (Wildman–Crippen LogP) is 2.52. The molecule has 2 aromatic rings. The summed E-state index contributed by atoms with van der Waals surface area (Å²) in [4.78, 5) is 14.4. The highest BCUT2D eigenvalue weighted by atomic mass is 32.2. The molecule has 1 heterocycles.